The largest absolute Gasteiger partial charge is 0.382 e. The number of nitrogen functional groups attached to an aromatic ring is 1. The van der Waals surface area contributed by atoms with Crippen LogP contribution < -0.4 is 27.0 Å². The molecule has 0 radical (unpaired) electrons. The molecule has 2 saturated heterocycles. The fraction of sp³-hybridized carbons (Fsp3) is 0.526. The number of hydrogen-bond donors (Lipinski definition) is 5. The molecule has 2 bridgehead atoms. The van der Waals surface area contributed by atoms with E-state index >= 15 is 0 Å². The number of carbonyl (C=O) groups excluding carboxylic acids is 6. The number of ether oxygens (including phenoxy) is 2. The Morgan fingerprint density at radius 3 is 2.40 bits per heavy atom. The van der Waals surface area contributed by atoms with Crippen LogP contribution in [0.1, 0.15) is 103 Å². The molecule has 2 aromatic carbocycles. The van der Waals surface area contributed by atoms with Crippen LogP contribution in [0.15, 0.2) is 65.9 Å². The van der Waals surface area contributed by atoms with Gasteiger partial charge in [0.25, 0.3) is 5.91 Å². The molecule has 2 fully saturated rings. The number of nitrogens with one attached hydrogen (secondary N) is 4. The van der Waals surface area contributed by atoms with E-state index < -0.39 is 29.8 Å². The fourth-order valence-electron chi connectivity index (χ4n) is 10.6. The molecule has 0 saturated carbocycles. The average Bonchev–Trinajstić information content (AvgIpc) is 4.30. The molecule has 0 aliphatic carbocycles. The highest BCUT2D eigenvalue weighted by Gasteiger charge is 2.43. The number of aromatic nitrogens is 3. The van der Waals surface area contributed by atoms with Crippen molar-refractivity contribution in [2.45, 2.75) is 108 Å². The number of pyridine rings is 1. The molecule has 23 heteroatoms. The summed E-state index contributed by atoms with van der Waals surface area (Å²) in [6.45, 7) is 7.22. The van der Waals surface area contributed by atoms with Gasteiger partial charge in [-0.3, -0.25) is 38.4 Å². The zero-order valence-corrected chi connectivity index (χ0v) is 46.8. The third kappa shape index (κ3) is 15.1. The van der Waals surface area contributed by atoms with Crippen LogP contribution in [0.4, 0.5) is 20.3 Å². The number of anilines is 2. The third-order valence-corrected chi connectivity index (χ3v) is 16.5. The highest BCUT2D eigenvalue weighted by molar-refractivity contribution is 8.14. The first-order valence-electron chi connectivity index (χ1n) is 27.7. The van der Waals surface area contributed by atoms with E-state index in [2.05, 4.69) is 26.3 Å². The van der Waals surface area contributed by atoms with Gasteiger partial charge >= 0.3 is 0 Å². The number of ketones is 1. The Morgan fingerprint density at radius 2 is 1.65 bits per heavy atom. The maximum atomic E-state index is 14.5. The lowest BCUT2D eigenvalue weighted by atomic mass is 9.88. The summed E-state index contributed by atoms with van der Waals surface area (Å²) in [4.78, 5) is 95.2. The number of Topliss-reactive ketones (excluding diaryl/α,β-unsaturated/α-hetero) is 1. The Hall–Kier alpha value is -6.82. The van der Waals surface area contributed by atoms with Crippen LogP contribution in [-0.4, -0.2) is 173 Å². The van der Waals surface area contributed by atoms with Crippen molar-refractivity contribution in [1.29, 1.82) is 0 Å². The molecule has 8 rings (SSSR count). The first-order chi connectivity index (χ1) is 38.6. The summed E-state index contributed by atoms with van der Waals surface area (Å²) in [5.41, 5.74) is 10.5. The molecule has 5 amide bonds. The van der Waals surface area contributed by atoms with Gasteiger partial charge in [0.05, 0.1) is 74.4 Å². The number of likely N-dealkylation sites (N-methyl/N-ethyl adjacent to an activating group) is 1. The maximum absolute atomic E-state index is 14.5. The lowest BCUT2D eigenvalue weighted by Gasteiger charge is -2.38. The highest BCUT2D eigenvalue weighted by atomic mass is 32.2. The number of piperidine rings is 1. The molecule has 2 aromatic heterocycles. The third-order valence-electron chi connectivity index (χ3n) is 15.4. The summed E-state index contributed by atoms with van der Waals surface area (Å²) < 4.78 is 41.1. The average molecular weight is 1130 g/mol. The SMILES string of the molecule is CN[C@H](C)C(=O)N[C@@H](C(=O)N1CCC[C@@H]1C1=NC(C(=O)c2ccc(F)cc2)CS1)C1CCN(C(=O)CCOCCOCCC(=O)NCCn2cc3c(n2)CN(C)C(=O)c2ccc(F)cc2[C@H](C)CCCNc2cc-3cnc2N)CC1. The van der Waals surface area contributed by atoms with Gasteiger partial charge in [-0.25, -0.2) is 13.8 Å². The molecule has 4 aromatic rings. The molecule has 4 aliphatic rings. The Kier molecular flexibility index (Phi) is 20.8. The number of nitrogens with two attached hydrogens (primary N) is 1. The quantitative estimate of drug-likeness (QED) is 0.0576. The van der Waals surface area contributed by atoms with Gasteiger partial charge in [-0.1, -0.05) is 6.92 Å². The summed E-state index contributed by atoms with van der Waals surface area (Å²) in [5.74, 6) is -1.56. The number of rotatable bonds is 20. The van der Waals surface area contributed by atoms with Crippen LogP contribution in [0.25, 0.3) is 11.1 Å². The lowest BCUT2D eigenvalue weighted by molar-refractivity contribution is -0.140. The zero-order chi connectivity index (χ0) is 56.9. The van der Waals surface area contributed by atoms with Gasteiger partial charge in [0.2, 0.25) is 23.6 Å². The fourth-order valence-corrected chi connectivity index (χ4v) is 11.8. The van der Waals surface area contributed by atoms with Gasteiger partial charge in [-0.05, 0) is 118 Å². The van der Waals surface area contributed by atoms with Crippen LogP contribution in [0, 0.1) is 17.6 Å². The van der Waals surface area contributed by atoms with E-state index in [4.69, 9.17) is 25.3 Å². The number of nitrogens with zero attached hydrogens (tertiary/aromatic N) is 7. The van der Waals surface area contributed by atoms with Crippen LogP contribution in [0.3, 0.4) is 0 Å². The van der Waals surface area contributed by atoms with Crippen molar-refractivity contribution in [1.82, 2.24) is 45.4 Å². The summed E-state index contributed by atoms with van der Waals surface area (Å²) in [6.07, 6.45) is 7.72. The van der Waals surface area contributed by atoms with Crippen LogP contribution in [0.2, 0.25) is 0 Å². The summed E-state index contributed by atoms with van der Waals surface area (Å²) in [7, 11) is 3.37. The Labute approximate surface area is 469 Å². The van der Waals surface area contributed by atoms with E-state index in [-0.39, 0.29) is 106 Å². The van der Waals surface area contributed by atoms with E-state index in [1.165, 1.54) is 48.2 Å². The van der Waals surface area contributed by atoms with Crippen LogP contribution in [-0.2, 0) is 41.7 Å². The van der Waals surface area contributed by atoms with Crippen LogP contribution in [0.5, 0.6) is 0 Å². The smallest absolute Gasteiger partial charge is 0.254 e. The Morgan fingerprint density at radius 1 is 0.912 bits per heavy atom. The maximum Gasteiger partial charge on any atom is 0.254 e. The minimum atomic E-state index is -0.814. The number of fused-ring (bicyclic) bond motifs is 5. The molecule has 80 heavy (non-hydrogen) atoms. The number of likely N-dealkylation sites (tertiary alicyclic amines) is 2. The Bertz CT molecular complexity index is 2880. The molecule has 6 N–H and O–H groups in total. The number of benzene rings is 2. The van der Waals surface area contributed by atoms with E-state index in [0.29, 0.717) is 96.7 Å². The Balaban J connectivity index is 0.749. The summed E-state index contributed by atoms with van der Waals surface area (Å²) in [6, 6.07) is 9.33. The first kappa shape index (κ1) is 59.3. The van der Waals surface area contributed by atoms with Crippen molar-refractivity contribution in [3.05, 3.63) is 94.9 Å². The molecule has 0 spiro atoms. The highest BCUT2D eigenvalue weighted by Crippen LogP contribution is 2.34. The molecule has 1 unspecified atom stereocenters. The predicted octanol–water partition coefficient (Wildman–Crippen LogP) is 5.04. The molecule has 430 valence electrons. The van der Waals surface area contributed by atoms with Gasteiger partial charge in [0.15, 0.2) is 5.78 Å². The van der Waals surface area contributed by atoms with Gasteiger partial charge in [-0.2, -0.15) is 5.10 Å². The van der Waals surface area contributed by atoms with Crippen molar-refractivity contribution in [2.24, 2.45) is 10.9 Å². The van der Waals surface area contributed by atoms with Crippen molar-refractivity contribution >= 4 is 63.6 Å². The topological polar surface area (TPSA) is 248 Å². The lowest BCUT2D eigenvalue weighted by Crippen LogP contribution is -2.58. The predicted molar refractivity (Wildman–Crippen MR) is 301 cm³/mol. The van der Waals surface area contributed by atoms with E-state index in [1.807, 2.05) is 19.2 Å². The number of hydrogen-bond acceptors (Lipinski definition) is 15. The van der Waals surface area contributed by atoms with Crippen LogP contribution >= 0.6 is 11.8 Å². The second-order valence-corrected chi connectivity index (χ2v) is 22.0. The van der Waals surface area contributed by atoms with E-state index in [0.717, 1.165) is 30.4 Å². The molecule has 5 atom stereocenters. The van der Waals surface area contributed by atoms with Gasteiger partial charge < -0.3 is 51.2 Å². The molecular weight excluding hydrogens is 1050 g/mol. The standard InChI is InChI=1S/C57H74F2N12O8S/c1-35-7-5-19-62-45-29-39(31-64-53(45)60)44-32-70(67-46(44)33-68(4)56(76)42-14-13-41(59)30-43(35)42)24-20-63-49(72)17-25-78-27-28-79-26-18-50(73)69-22-15-37(16-23-69)51(66-54(75)36(2)61-3)57(77)71-21-6-8-48(71)55-65-47(34-80-55)52(74)38-9-11-40(58)12-10-38/h9-14,29-32,35-37,47-48,51,61-62H,5-8,15-28,33-34H2,1-4H3,(H2,60,64)(H,63,72)(H,66,75)/t35-,36-,47?,48-,51-/m1/s1. The first-order valence-corrected chi connectivity index (χ1v) is 28.7. The second-order valence-electron chi connectivity index (χ2n) is 20.9. The van der Waals surface area contributed by atoms with E-state index in [1.54, 1.807) is 52.7 Å². The zero-order valence-electron chi connectivity index (χ0n) is 46.0. The number of amides is 5. The minimum absolute atomic E-state index is 0.0709. The minimum Gasteiger partial charge on any atom is -0.382 e. The van der Waals surface area contributed by atoms with Crippen molar-refractivity contribution in [2.75, 3.05) is 90.0 Å². The monoisotopic (exact) mass is 1120 g/mol. The molecule has 4 aliphatic heterocycles. The van der Waals surface area contributed by atoms with Gasteiger partial charge in [-0.15, -0.1) is 11.8 Å². The molecule has 6 heterocycles. The second kappa shape index (κ2) is 28.1. The number of thioether (sulfide) groups is 1. The number of halogens is 2. The summed E-state index contributed by atoms with van der Waals surface area (Å²) in [5, 5.41) is 17.8. The number of aliphatic imine (C=N–C) groups is 1. The molecular formula is C57H74F2N12O8S. The van der Waals surface area contributed by atoms with Crippen molar-refractivity contribution < 1.29 is 47.0 Å². The van der Waals surface area contributed by atoms with Crippen molar-refractivity contribution in [3.8, 4) is 11.1 Å². The normalized spacial score (nSPS) is 19.7. The number of carbonyl (C=O) groups is 6. The van der Waals surface area contributed by atoms with Gasteiger partial charge in [0.1, 0.15) is 29.5 Å². The van der Waals surface area contributed by atoms with Gasteiger partial charge in [0, 0.05) is 86.6 Å². The van der Waals surface area contributed by atoms with Crippen molar-refractivity contribution in [3.63, 3.8) is 0 Å². The summed E-state index contributed by atoms with van der Waals surface area (Å²) >= 11 is 1.46. The molecule has 20 nitrogen and oxygen atoms in total. The van der Waals surface area contributed by atoms with E-state index in [9.17, 15) is 37.5 Å².